The average molecular weight is 341 g/mol. The predicted octanol–water partition coefficient (Wildman–Crippen LogP) is 3.38. The summed E-state index contributed by atoms with van der Waals surface area (Å²) in [7, 11) is 4.12. The lowest BCUT2D eigenvalue weighted by Gasteiger charge is -2.14. The van der Waals surface area contributed by atoms with E-state index in [2.05, 4.69) is 5.32 Å². The number of amides is 1. The molecule has 2 aromatic carbocycles. The van der Waals surface area contributed by atoms with E-state index < -0.39 is 29.0 Å². The van der Waals surface area contributed by atoms with Gasteiger partial charge >= 0.3 is 0 Å². The molecule has 8 heteroatoms. The van der Waals surface area contributed by atoms with Crippen LogP contribution in [0.5, 0.6) is 17.2 Å². The van der Waals surface area contributed by atoms with Crippen LogP contribution in [0.2, 0.25) is 0 Å². The standard InChI is InChI=1S/C16H14F3NO4/c1-22-11-7-13(24-3)12(23-2)6-8(11)16(21)20-10-5-4-9(17)14(18)15(10)19/h4-7H,1-3H3,(H,20,21). The highest BCUT2D eigenvalue weighted by atomic mass is 19.2. The molecule has 2 aromatic rings. The van der Waals surface area contributed by atoms with Crippen molar-refractivity contribution in [2.45, 2.75) is 0 Å². The summed E-state index contributed by atoms with van der Waals surface area (Å²) in [5, 5.41) is 2.16. The van der Waals surface area contributed by atoms with E-state index in [9.17, 15) is 18.0 Å². The van der Waals surface area contributed by atoms with E-state index in [1.165, 1.54) is 33.5 Å². The topological polar surface area (TPSA) is 56.8 Å². The minimum Gasteiger partial charge on any atom is -0.496 e. The number of hydrogen-bond acceptors (Lipinski definition) is 4. The molecule has 2 rings (SSSR count). The smallest absolute Gasteiger partial charge is 0.259 e. The van der Waals surface area contributed by atoms with Crippen molar-refractivity contribution in [3.05, 3.63) is 47.3 Å². The number of hydrogen-bond donors (Lipinski definition) is 1. The Labute approximate surface area is 135 Å². The van der Waals surface area contributed by atoms with Crippen LogP contribution in [0.1, 0.15) is 10.4 Å². The molecule has 0 aliphatic heterocycles. The summed E-state index contributed by atoms with van der Waals surface area (Å²) in [6.45, 7) is 0. The van der Waals surface area contributed by atoms with Crippen molar-refractivity contribution in [3.8, 4) is 17.2 Å². The number of nitrogens with one attached hydrogen (secondary N) is 1. The van der Waals surface area contributed by atoms with Gasteiger partial charge in [-0.15, -0.1) is 0 Å². The molecule has 0 aromatic heterocycles. The molecule has 0 saturated heterocycles. The van der Waals surface area contributed by atoms with Gasteiger partial charge in [0.1, 0.15) is 5.75 Å². The van der Waals surface area contributed by atoms with E-state index >= 15 is 0 Å². The molecule has 24 heavy (non-hydrogen) atoms. The van der Waals surface area contributed by atoms with Crippen molar-refractivity contribution in [1.82, 2.24) is 0 Å². The summed E-state index contributed by atoms with van der Waals surface area (Å²) in [5.74, 6) is -4.62. The molecule has 0 aliphatic carbocycles. The first kappa shape index (κ1) is 17.5. The van der Waals surface area contributed by atoms with Crippen LogP contribution in [0.4, 0.5) is 18.9 Å². The maximum atomic E-state index is 13.7. The molecular formula is C16H14F3NO4. The van der Waals surface area contributed by atoms with Crippen molar-refractivity contribution in [1.29, 1.82) is 0 Å². The van der Waals surface area contributed by atoms with Gasteiger partial charge in [-0.1, -0.05) is 0 Å². The highest BCUT2D eigenvalue weighted by Crippen LogP contribution is 2.35. The third-order valence-electron chi connectivity index (χ3n) is 3.23. The fraction of sp³-hybridized carbons (Fsp3) is 0.188. The fourth-order valence-corrected chi connectivity index (χ4v) is 2.02. The highest BCUT2D eigenvalue weighted by Gasteiger charge is 2.20. The number of carbonyl (C=O) groups is 1. The Morgan fingerprint density at radius 2 is 1.46 bits per heavy atom. The third-order valence-corrected chi connectivity index (χ3v) is 3.23. The molecular weight excluding hydrogens is 327 g/mol. The fourth-order valence-electron chi connectivity index (χ4n) is 2.02. The summed E-state index contributed by atoms with van der Waals surface area (Å²) in [6, 6.07) is 4.36. The van der Waals surface area contributed by atoms with Gasteiger partial charge in [0.15, 0.2) is 29.0 Å². The first-order valence-corrected chi connectivity index (χ1v) is 6.67. The molecule has 0 radical (unpaired) electrons. The normalized spacial score (nSPS) is 10.2. The van der Waals surface area contributed by atoms with Crippen molar-refractivity contribution in [2.24, 2.45) is 0 Å². The lowest BCUT2D eigenvalue weighted by molar-refractivity contribution is 0.102. The largest absolute Gasteiger partial charge is 0.496 e. The van der Waals surface area contributed by atoms with E-state index in [0.717, 1.165) is 6.07 Å². The number of halogens is 3. The monoisotopic (exact) mass is 341 g/mol. The van der Waals surface area contributed by atoms with Crippen LogP contribution < -0.4 is 19.5 Å². The summed E-state index contributed by atoms with van der Waals surface area (Å²) >= 11 is 0. The second-order valence-corrected chi connectivity index (χ2v) is 4.58. The van der Waals surface area contributed by atoms with E-state index in [-0.39, 0.29) is 17.1 Å². The number of benzene rings is 2. The Morgan fingerprint density at radius 3 is 2.04 bits per heavy atom. The van der Waals surface area contributed by atoms with Gasteiger partial charge in [-0.25, -0.2) is 13.2 Å². The van der Waals surface area contributed by atoms with Gasteiger partial charge in [-0.3, -0.25) is 4.79 Å². The quantitative estimate of drug-likeness (QED) is 0.847. The van der Waals surface area contributed by atoms with Crippen molar-refractivity contribution in [3.63, 3.8) is 0 Å². The molecule has 1 N–H and O–H groups in total. The summed E-state index contributed by atoms with van der Waals surface area (Å²) in [4.78, 5) is 12.3. The number of carbonyl (C=O) groups excluding carboxylic acids is 1. The summed E-state index contributed by atoms with van der Waals surface area (Å²) < 4.78 is 55.1. The van der Waals surface area contributed by atoms with E-state index in [1.54, 1.807) is 0 Å². The highest BCUT2D eigenvalue weighted by molar-refractivity contribution is 6.06. The van der Waals surface area contributed by atoms with E-state index in [0.29, 0.717) is 11.8 Å². The number of methoxy groups -OCH3 is 3. The minimum absolute atomic E-state index is 0.000664. The zero-order valence-electron chi connectivity index (χ0n) is 13.1. The van der Waals surface area contributed by atoms with Crippen molar-refractivity contribution < 1.29 is 32.2 Å². The van der Waals surface area contributed by atoms with Gasteiger partial charge < -0.3 is 19.5 Å². The lowest BCUT2D eigenvalue weighted by atomic mass is 10.1. The Balaban J connectivity index is 2.41. The summed E-state index contributed by atoms with van der Waals surface area (Å²) in [5.41, 5.74) is -0.505. The molecule has 0 fully saturated rings. The van der Waals surface area contributed by atoms with Crippen LogP contribution in [0.15, 0.2) is 24.3 Å². The van der Waals surface area contributed by atoms with E-state index in [4.69, 9.17) is 14.2 Å². The van der Waals surface area contributed by atoms with Crippen molar-refractivity contribution in [2.75, 3.05) is 26.6 Å². The second kappa shape index (κ2) is 7.12. The SMILES string of the molecule is COc1cc(OC)c(C(=O)Nc2ccc(F)c(F)c2F)cc1OC. The number of ether oxygens (including phenoxy) is 3. The summed E-state index contributed by atoms with van der Waals surface area (Å²) in [6.07, 6.45) is 0. The van der Waals surface area contributed by atoms with Gasteiger partial charge in [-0.05, 0) is 12.1 Å². The minimum atomic E-state index is -1.67. The molecule has 1 amide bonds. The Kier molecular flexibility index (Phi) is 5.18. The van der Waals surface area contributed by atoms with E-state index in [1.807, 2.05) is 0 Å². The first-order chi connectivity index (χ1) is 11.4. The zero-order valence-corrected chi connectivity index (χ0v) is 13.1. The Morgan fingerprint density at radius 1 is 0.875 bits per heavy atom. The average Bonchev–Trinajstić information content (AvgIpc) is 2.60. The zero-order chi connectivity index (χ0) is 17.9. The number of anilines is 1. The van der Waals surface area contributed by atoms with Crippen LogP contribution in [0, 0.1) is 17.5 Å². The maximum absolute atomic E-state index is 13.7. The first-order valence-electron chi connectivity index (χ1n) is 6.67. The van der Waals surface area contributed by atoms with Gasteiger partial charge in [-0.2, -0.15) is 0 Å². The Bertz CT molecular complexity index is 780. The van der Waals surface area contributed by atoms with Crippen LogP contribution in [0.3, 0.4) is 0 Å². The molecule has 128 valence electrons. The van der Waals surface area contributed by atoms with Crippen LogP contribution >= 0.6 is 0 Å². The molecule has 0 bridgehead atoms. The third kappa shape index (κ3) is 3.22. The second-order valence-electron chi connectivity index (χ2n) is 4.58. The van der Waals surface area contributed by atoms with Crippen LogP contribution in [-0.4, -0.2) is 27.2 Å². The van der Waals surface area contributed by atoms with Gasteiger partial charge in [0, 0.05) is 12.1 Å². The molecule has 5 nitrogen and oxygen atoms in total. The van der Waals surface area contributed by atoms with Crippen LogP contribution in [-0.2, 0) is 0 Å². The maximum Gasteiger partial charge on any atom is 0.259 e. The van der Waals surface area contributed by atoms with Gasteiger partial charge in [0.2, 0.25) is 0 Å². The van der Waals surface area contributed by atoms with Gasteiger partial charge in [0.25, 0.3) is 5.91 Å². The predicted molar refractivity (Wildman–Crippen MR) is 80.4 cm³/mol. The molecule has 0 spiro atoms. The lowest BCUT2D eigenvalue weighted by Crippen LogP contribution is -2.15. The number of rotatable bonds is 5. The molecule has 0 heterocycles. The van der Waals surface area contributed by atoms with Crippen LogP contribution in [0.25, 0.3) is 0 Å². The van der Waals surface area contributed by atoms with Gasteiger partial charge in [0.05, 0.1) is 32.6 Å². The molecule has 0 aliphatic rings. The molecule has 0 unspecified atom stereocenters. The Hall–Kier alpha value is -2.90. The van der Waals surface area contributed by atoms with Crippen molar-refractivity contribution >= 4 is 11.6 Å². The molecule has 0 atom stereocenters. The molecule has 0 saturated carbocycles.